The molecule has 3 amide bonds. The van der Waals surface area contributed by atoms with Gasteiger partial charge < -0.3 is 5.32 Å². The molecule has 1 aliphatic rings. The Morgan fingerprint density at radius 3 is 2.79 bits per heavy atom. The number of hydrogen-bond donors (Lipinski definition) is 1. The highest BCUT2D eigenvalue weighted by Gasteiger charge is 2.34. The summed E-state index contributed by atoms with van der Waals surface area (Å²) in [5, 5.41) is 4.35. The molecule has 0 aliphatic carbocycles. The standard InChI is InChI=1S/C16H14N2O3S3/c1-10-4-5-12(23-10)14(19)17-6-7-18-15(20)13(24-16(18)21)9-11-3-2-8-22-11/h2-5,8-9H,6-7H2,1H3,(H,17,19)/b13-9-. The fourth-order valence-corrected chi connectivity index (χ4v) is 4.49. The topological polar surface area (TPSA) is 66.5 Å². The van der Waals surface area contributed by atoms with Crippen molar-refractivity contribution in [1.29, 1.82) is 0 Å². The number of nitrogens with zero attached hydrogens (tertiary/aromatic N) is 1. The zero-order valence-corrected chi connectivity index (χ0v) is 15.2. The highest BCUT2D eigenvalue weighted by Crippen LogP contribution is 2.32. The predicted molar refractivity (Wildman–Crippen MR) is 98.4 cm³/mol. The van der Waals surface area contributed by atoms with E-state index in [4.69, 9.17) is 0 Å². The average molecular weight is 379 g/mol. The van der Waals surface area contributed by atoms with Crippen LogP contribution in [0, 0.1) is 6.92 Å². The molecule has 0 saturated carbocycles. The number of thiophene rings is 2. The van der Waals surface area contributed by atoms with Crippen molar-refractivity contribution in [1.82, 2.24) is 10.2 Å². The van der Waals surface area contributed by atoms with Crippen LogP contribution in [0.15, 0.2) is 34.6 Å². The Kier molecular flexibility index (Phi) is 5.17. The van der Waals surface area contributed by atoms with Gasteiger partial charge >= 0.3 is 0 Å². The Bertz CT molecular complexity index is 808. The van der Waals surface area contributed by atoms with E-state index in [-0.39, 0.29) is 30.1 Å². The van der Waals surface area contributed by atoms with Crippen molar-refractivity contribution in [2.75, 3.05) is 13.1 Å². The van der Waals surface area contributed by atoms with Gasteiger partial charge in [0.05, 0.1) is 9.78 Å². The van der Waals surface area contributed by atoms with E-state index in [1.807, 2.05) is 30.5 Å². The Morgan fingerprint density at radius 1 is 1.29 bits per heavy atom. The van der Waals surface area contributed by atoms with Crippen LogP contribution >= 0.6 is 34.4 Å². The van der Waals surface area contributed by atoms with Gasteiger partial charge in [-0.25, -0.2) is 0 Å². The van der Waals surface area contributed by atoms with E-state index in [1.54, 1.807) is 12.1 Å². The van der Waals surface area contributed by atoms with Gasteiger partial charge in [-0.1, -0.05) is 6.07 Å². The van der Waals surface area contributed by atoms with Crippen molar-refractivity contribution in [2.45, 2.75) is 6.92 Å². The molecule has 2 aromatic rings. The second-order valence-corrected chi connectivity index (χ2v) is 8.28. The summed E-state index contributed by atoms with van der Waals surface area (Å²) >= 11 is 3.85. The first-order valence-corrected chi connectivity index (χ1v) is 9.69. The number of nitrogens with one attached hydrogen (secondary N) is 1. The number of amides is 3. The number of thioether (sulfide) groups is 1. The molecule has 8 heteroatoms. The number of hydrogen-bond acceptors (Lipinski definition) is 6. The van der Waals surface area contributed by atoms with Crippen LogP contribution in [-0.2, 0) is 4.79 Å². The summed E-state index contributed by atoms with van der Waals surface area (Å²) in [6.45, 7) is 2.34. The van der Waals surface area contributed by atoms with Crippen LogP contribution < -0.4 is 5.32 Å². The molecule has 0 spiro atoms. The van der Waals surface area contributed by atoms with Crippen molar-refractivity contribution in [3.63, 3.8) is 0 Å². The SMILES string of the molecule is Cc1ccc(C(=O)NCCN2C(=O)S/C(=C\c3cccs3)C2=O)s1. The minimum absolute atomic E-state index is 0.169. The van der Waals surface area contributed by atoms with E-state index in [0.29, 0.717) is 9.78 Å². The highest BCUT2D eigenvalue weighted by atomic mass is 32.2. The lowest BCUT2D eigenvalue weighted by Crippen LogP contribution is -2.37. The molecule has 1 saturated heterocycles. The molecular weight excluding hydrogens is 364 g/mol. The molecular formula is C16H14N2O3S3. The van der Waals surface area contributed by atoms with E-state index in [1.165, 1.54) is 27.6 Å². The van der Waals surface area contributed by atoms with Gasteiger partial charge in [-0.3, -0.25) is 19.3 Å². The molecule has 1 N–H and O–H groups in total. The van der Waals surface area contributed by atoms with Crippen LogP contribution in [0.2, 0.25) is 0 Å². The molecule has 5 nitrogen and oxygen atoms in total. The maximum Gasteiger partial charge on any atom is 0.293 e. The number of carbonyl (C=O) groups excluding carboxylic acids is 3. The minimum Gasteiger partial charge on any atom is -0.350 e. The molecule has 1 fully saturated rings. The van der Waals surface area contributed by atoms with Crippen molar-refractivity contribution >= 4 is 57.6 Å². The van der Waals surface area contributed by atoms with E-state index in [9.17, 15) is 14.4 Å². The molecule has 124 valence electrons. The summed E-state index contributed by atoms with van der Waals surface area (Å²) in [7, 11) is 0. The first kappa shape index (κ1) is 16.9. The Morgan fingerprint density at radius 2 is 2.12 bits per heavy atom. The van der Waals surface area contributed by atoms with Gasteiger partial charge in [-0.15, -0.1) is 22.7 Å². The zero-order valence-electron chi connectivity index (χ0n) is 12.8. The zero-order chi connectivity index (χ0) is 17.1. The molecule has 24 heavy (non-hydrogen) atoms. The number of carbonyl (C=O) groups is 3. The van der Waals surface area contributed by atoms with Crippen molar-refractivity contribution in [2.24, 2.45) is 0 Å². The van der Waals surface area contributed by atoms with Crippen LogP contribution in [-0.4, -0.2) is 35.0 Å². The van der Waals surface area contributed by atoms with Crippen molar-refractivity contribution in [3.05, 3.63) is 49.2 Å². The van der Waals surface area contributed by atoms with Gasteiger partial charge in [0.2, 0.25) is 0 Å². The predicted octanol–water partition coefficient (Wildman–Crippen LogP) is 3.58. The average Bonchev–Trinajstić information content (AvgIpc) is 3.26. The third-order valence-corrected chi connectivity index (χ3v) is 6.00. The van der Waals surface area contributed by atoms with E-state index >= 15 is 0 Å². The smallest absolute Gasteiger partial charge is 0.293 e. The second kappa shape index (κ2) is 7.33. The Balaban J connectivity index is 1.56. The quantitative estimate of drug-likeness (QED) is 0.808. The third kappa shape index (κ3) is 3.77. The summed E-state index contributed by atoms with van der Waals surface area (Å²) in [6, 6.07) is 7.43. The van der Waals surface area contributed by atoms with Crippen LogP contribution in [0.3, 0.4) is 0 Å². The van der Waals surface area contributed by atoms with Crippen molar-refractivity contribution in [3.8, 4) is 0 Å². The first-order valence-electron chi connectivity index (χ1n) is 7.18. The van der Waals surface area contributed by atoms with Crippen LogP contribution in [0.4, 0.5) is 4.79 Å². The highest BCUT2D eigenvalue weighted by molar-refractivity contribution is 8.18. The number of aryl methyl sites for hydroxylation is 1. The van der Waals surface area contributed by atoms with Crippen LogP contribution in [0.5, 0.6) is 0 Å². The first-order chi connectivity index (χ1) is 11.5. The van der Waals surface area contributed by atoms with Crippen molar-refractivity contribution < 1.29 is 14.4 Å². The lowest BCUT2D eigenvalue weighted by molar-refractivity contribution is -0.122. The monoisotopic (exact) mass is 378 g/mol. The number of imide groups is 1. The molecule has 0 unspecified atom stereocenters. The maximum absolute atomic E-state index is 12.3. The summed E-state index contributed by atoms with van der Waals surface area (Å²) in [6.07, 6.45) is 1.72. The van der Waals surface area contributed by atoms with Gasteiger partial charge in [0.15, 0.2) is 0 Å². The fourth-order valence-electron chi connectivity index (χ4n) is 2.12. The van der Waals surface area contributed by atoms with E-state index in [2.05, 4.69) is 5.32 Å². The van der Waals surface area contributed by atoms with Gasteiger partial charge in [-0.05, 0) is 48.3 Å². The van der Waals surface area contributed by atoms with Gasteiger partial charge in [0.1, 0.15) is 0 Å². The molecule has 0 atom stereocenters. The minimum atomic E-state index is -0.306. The van der Waals surface area contributed by atoms with Gasteiger partial charge in [0, 0.05) is 22.8 Å². The van der Waals surface area contributed by atoms with E-state index < -0.39 is 0 Å². The molecule has 1 aliphatic heterocycles. The number of rotatable bonds is 5. The largest absolute Gasteiger partial charge is 0.350 e. The lowest BCUT2D eigenvalue weighted by Gasteiger charge is -2.12. The summed E-state index contributed by atoms with van der Waals surface area (Å²) in [5.41, 5.74) is 0. The summed E-state index contributed by atoms with van der Waals surface area (Å²) < 4.78 is 0. The maximum atomic E-state index is 12.3. The molecule has 0 bridgehead atoms. The normalized spacial score (nSPS) is 16.2. The molecule has 0 aromatic carbocycles. The lowest BCUT2D eigenvalue weighted by atomic mass is 10.3. The van der Waals surface area contributed by atoms with Crippen LogP contribution in [0.1, 0.15) is 19.4 Å². The van der Waals surface area contributed by atoms with Crippen LogP contribution in [0.25, 0.3) is 6.08 Å². The summed E-state index contributed by atoms with van der Waals surface area (Å²) in [4.78, 5) is 40.5. The molecule has 2 aromatic heterocycles. The Hall–Kier alpha value is -1.90. The third-order valence-electron chi connectivity index (χ3n) is 3.28. The molecule has 3 heterocycles. The van der Waals surface area contributed by atoms with E-state index in [0.717, 1.165) is 21.5 Å². The fraction of sp³-hybridized carbons (Fsp3) is 0.188. The Labute approximate surface area is 151 Å². The van der Waals surface area contributed by atoms with Gasteiger partial charge in [-0.2, -0.15) is 0 Å². The molecule has 3 rings (SSSR count). The summed E-state index contributed by atoms with van der Waals surface area (Å²) in [5.74, 6) is -0.492. The molecule has 0 radical (unpaired) electrons. The van der Waals surface area contributed by atoms with Gasteiger partial charge in [0.25, 0.3) is 17.1 Å². The second-order valence-electron chi connectivity index (χ2n) is 5.01.